The van der Waals surface area contributed by atoms with Crippen molar-refractivity contribution in [2.45, 2.75) is 29.6 Å². The van der Waals surface area contributed by atoms with Crippen molar-refractivity contribution in [3.8, 4) is 0 Å². The van der Waals surface area contributed by atoms with Crippen LogP contribution in [0.15, 0.2) is 45.4 Å². The number of nitrogen functional groups attached to an aromatic ring is 1. The van der Waals surface area contributed by atoms with E-state index in [1.807, 2.05) is 41.7 Å². The summed E-state index contributed by atoms with van der Waals surface area (Å²) in [6.45, 7) is 1.23. The highest BCUT2D eigenvalue weighted by Crippen LogP contribution is 2.41. The molecule has 220 valence electrons. The van der Waals surface area contributed by atoms with Crippen LogP contribution >= 0.6 is 34.9 Å². The maximum Gasteiger partial charge on any atom is 0.352 e. The molecule has 1 fully saturated rings. The summed E-state index contributed by atoms with van der Waals surface area (Å²) in [5.74, 6) is -3.39. The number of nitrogens with one attached hydrogen (secondary N) is 1. The highest BCUT2D eigenvalue weighted by Gasteiger charge is 2.54. The van der Waals surface area contributed by atoms with Gasteiger partial charge in [-0.05, 0) is 12.5 Å². The number of β-lactam (4-membered cyclic amide) rings is 1. The summed E-state index contributed by atoms with van der Waals surface area (Å²) in [6, 6.07) is 0.894. The molecule has 42 heavy (non-hydrogen) atoms. The maximum atomic E-state index is 13.2. The van der Waals surface area contributed by atoms with E-state index in [4.69, 9.17) is 15.7 Å². The van der Waals surface area contributed by atoms with Gasteiger partial charge in [-0.3, -0.25) is 14.5 Å². The standard InChI is InChI=1S/C24H24N8O7S3/c1-10(21(35)36)39-29-15(13-9-41-23(25)26-13)18(33)28-16-19(34)32-17(22(37)38)11(7-40-20(16)32)8-42-24-27-12-6-30(2)5-4-14(12)31(24)3/h4-6,9-10,16,20H,7-8H2,1-3H3,(H4-,25,26,28,33,35,36,37,38)/p+1/t10-,16?,20-/m0/s1. The molecule has 3 aromatic heterocycles. The molecule has 0 aromatic carbocycles. The van der Waals surface area contributed by atoms with E-state index in [9.17, 15) is 24.3 Å². The minimum atomic E-state index is -1.36. The molecule has 18 heteroatoms. The number of amides is 2. The molecule has 5 heterocycles. The number of aromatic nitrogens is 4. The van der Waals surface area contributed by atoms with Crippen molar-refractivity contribution in [1.29, 1.82) is 0 Å². The molecular formula is C24H25N8O7S3+. The highest BCUT2D eigenvalue weighted by atomic mass is 32.2. The second-order valence-electron chi connectivity index (χ2n) is 9.34. The van der Waals surface area contributed by atoms with Crippen LogP contribution in [0, 0.1) is 0 Å². The molecule has 0 aliphatic carbocycles. The number of hydrogen-bond donors (Lipinski definition) is 4. The van der Waals surface area contributed by atoms with Gasteiger partial charge in [-0.1, -0.05) is 16.9 Å². The van der Waals surface area contributed by atoms with Crippen molar-refractivity contribution < 1.29 is 38.8 Å². The number of carboxylic acid groups (broad SMARTS) is 2. The number of thioether (sulfide) groups is 2. The number of fused-ring (bicyclic) bond motifs is 2. The van der Waals surface area contributed by atoms with Gasteiger partial charge in [-0.25, -0.2) is 24.1 Å². The van der Waals surface area contributed by atoms with Crippen LogP contribution in [0.1, 0.15) is 12.6 Å². The van der Waals surface area contributed by atoms with Crippen molar-refractivity contribution in [3.63, 3.8) is 0 Å². The third-order valence-electron chi connectivity index (χ3n) is 6.46. The first-order chi connectivity index (χ1) is 20.0. The molecule has 0 spiro atoms. The first-order valence-corrected chi connectivity index (χ1v) is 15.2. The number of rotatable bonds is 10. The van der Waals surface area contributed by atoms with Gasteiger partial charge in [-0.15, -0.1) is 23.1 Å². The summed E-state index contributed by atoms with van der Waals surface area (Å²) in [5, 5.41) is 27.0. The predicted octanol–water partition coefficient (Wildman–Crippen LogP) is 0.161. The SMILES string of the molecule is C[C@H](ON=C(C(=O)NC1C(=O)N2C(C(=O)O)=C(CSc3nc4c[n+](C)ccc4n3C)CS[C@@H]12)c1csc(N)n1)C(=O)O. The molecule has 1 saturated heterocycles. The summed E-state index contributed by atoms with van der Waals surface area (Å²) in [7, 11) is 3.78. The number of aliphatic carboxylic acids is 2. The van der Waals surface area contributed by atoms with E-state index in [0.29, 0.717) is 22.2 Å². The number of oxime groups is 1. The number of imidazole rings is 1. The zero-order valence-electron chi connectivity index (χ0n) is 22.4. The fourth-order valence-electron chi connectivity index (χ4n) is 4.29. The second-order valence-corrected chi connectivity index (χ2v) is 12.3. The Bertz CT molecular complexity index is 1680. The highest BCUT2D eigenvalue weighted by molar-refractivity contribution is 8.01. The summed E-state index contributed by atoms with van der Waals surface area (Å²) in [6.07, 6.45) is 2.45. The Morgan fingerprint density at radius 3 is 2.79 bits per heavy atom. The van der Waals surface area contributed by atoms with Crippen LogP contribution in [0.2, 0.25) is 0 Å². The fourth-order valence-corrected chi connectivity index (χ4v) is 7.31. The zero-order valence-corrected chi connectivity index (χ0v) is 24.8. The number of carbonyl (C=O) groups excluding carboxylic acids is 2. The van der Waals surface area contributed by atoms with Crippen LogP contribution in [-0.2, 0) is 38.1 Å². The van der Waals surface area contributed by atoms with Crippen LogP contribution in [0.5, 0.6) is 0 Å². The van der Waals surface area contributed by atoms with E-state index >= 15 is 0 Å². The molecule has 15 nitrogen and oxygen atoms in total. The Hall–Kier alpha value is -4.16. The molecule has 0 bridgehead atoms. The average Bonchev–Trinajstić information content (AvgIpc) is 3.51. The lowest BCUT2D eigenvalue weighted by Crippen LogP contribution is -2.71. The van der Waals surface area contributed by atoms with Crippen molar-refractivity contribution in [1.82, 2.24) is 24.8 Å². The summed E-state index contributed by atoms with van der Waals surface area (Å²) in [4.78, 5) is 64.5. The molecule has 5 N–H and O–H groups in total. The topological polar surface area (TPSA) is 206 Å². The third kappa shape index (κ3) is 5.51. The lowest BCUT2D eigenvalue weighted by molar-refractivity contribution is -0.670. The molecule has 2 aliphatic heterocycles. The van der Waals surface area contributed by atoms with Crippen LogP contribution < -0.4 is 15.6 Å². The maximum absolute atomic E-state index is 13.2. The van der Waals surface area contributed by atoms with Crippen LogP contribution in [0.3, 0.4) is 0 Å². The van der Waals surface area contributed by atoms with E-state index in [0.717, 1.165) is 22.4 Å². The van der Waals surface area contributed by atoms with Gasteiger partial charge in [0.1, 0.15) is 29.9 Å². The molecular weight excluding hydrogens is 609 g/mol. The van der Waals surface area contributed by atoms with Gasteiger partial charge in [-0.2, -0.15) is 0 Å². The number of anilines is 1. The van der Waals surface area contributed by atoms with Gasteiger partial charge in [0.25, 0.3) is 11.8 Å². The van der Waals surface area contributed by atoms with E-state index in [-0.39, 0.29) is 22.2 Å². The average molecular weight is 634 g/mol. The van der Waals surface area contributed by atoms with Gasteiger partial charge >= 0.3 is 11.9 Å². The zero-order chi connectivity index (χ0) is 30.3. The molecule has 0 radical (unpaired) electrons. The second kappa shape index (κ2) is 11.6. The Morgan fingerprint density at radius 1 is 1.36 bits per heavy atom. The number of aryl methyl sites for hydroxylation is 2. The van der Waals surface area contributed by atoms with E-state index in [1.54, 1.807) is 0 Å². The normalized spacial score (nSPS) is 19.4. The molecule has 2 aliphatic rings. The van der Waals surface area contributed by atoms with E-state index in [2.05, 4.69) is 20.4 Å². The Labute approximate surface area is 250 Å². The van der Waals surface area contributed by atoms with Crippen LogP contribution in [-0.4, -0.2) is 88.1 Å². The Kier molecular flexibility index (Phi) is 8.11. The molecule has 2 amide bonds. The summed E-state index contributed by atoms with van der Waals surface area (Å²) >= 11 is 3.72. The third-order valence-corrected chi connectivity index (χ3v) is 9.59. The fraction of sp³-hybridized carbons (Fsp3) is 0.333. The van der Waals surface area contributed by atoms with Gasteiger partial charge in [0, 0.05) is 30.0 Å². The monoisotopic (exact) mass is 633 g/mol. The summed E-state index contributed by atoms with van der Waals surface area (Å²) in [5.41, 5.74) is 7.51. The number of carboxylic acids is 2. The largest absolute Gasteiger partial charge is 0.478 e. The number of nitrogens with two attached hydrogens (primary N) is 1. The lowest BCUT2D eigenvalue weighted by Gasteiger charge is -2.49. The summed E-state index contributed by atoms with van der Waals surface area (Å²) < 4.78 is 3.82. The van der Waals surface area contributed by atoms with Gasteiger partial charge in [0.05, 0.1) is 5.52 Å². The number of thiazole rings is 1. The Balaban J connectivity index is 1.32. The Morgan fingerprint density at radius 2 is 2.12 bits per heavy atom. The van der Waals surface area contributed by atoms with Crippen molar-refractivity contribution in [2.75, 3.05) is 17.2 Å². The molecule has 3 atom stereocenters. The lowest BCUT2D eigenvalue weighted by atomic mass is 10.0. The van der Waals surface area contributed by atoms with Crippen LogP contribution in [0.4, 0.5) is 5.13 Å². The minimum absolute atomic E-state index is 0.0358. The van der Waals surface area contributed by atoms with Crippen molar-refractivity contribution in [2.24, 2.45) is 19.3 Å². The number of nitrogens with zero attached hydrogens (tertiary/aromatic N) is 6. The minimum Gasteiger partial charge on any atom is -0.478 e. The van der Waals surface area contributed by atoms with Gasteiger partial charge in [0.15, 0.2) is 33.9 Å². The van der Waals surface area contributed by atoms with E-state index in [1.165, 1.54) is 40.7 Å². The first-order valence-electron chi connectivity index (χ1n) is 12.3. The number of pyridine rings is 1. The molecule has 5 rings (SSSR count). The molecule has 3 aromatic rings. The van der Waals surface area contributed by atoms with E-state index < -0.39 is 41.3 Å². The predicted molar refractivity (Wildman–Crippen MR) is 154 cm³/mol. The molecule has 0 saturated carbocycles. The molecule has 1 unspecified atom stereocenters. The van der Waals surface area contributed by atoms with Crippen LogP contribution in [0.25, 0.3) is 11.0 Å². The quantitative estimate of drug-likeness (QED) is 0.0775. The van der Waals surface area contributed by atoms with Crippen molar-refractivity contribution in [3.05, 3.63) is 40.8 Å². The van der Waals surface area contributed by atoms with Crippen molar-refractivity contribution >= 4 is 80.5 Å². The number of hydrogen-bond acceptors (Lipinski definition) is 12. The first kappa shape index (κ1) is 29.3. The number of carbonyl (C=O) groups is 4. The van der Waals surface area contributed by atoms with Gasteiger partial charge < -0.3 is 30.7 Å². The smallest absolute Gasteiger partial charge is 0.352 e. The van der Waals surface area contributed by atoms with Gasteiger partial charge in [0.2, 0.25) is 6.10 Å².